The van der Waals surface area contributed by atoms with Gasteiger partial charge in [0.25, 0.3) is 0 Å². The van der Waals surface area contributed by atoms with Crippen molar-refractivity contribution in [3.05, 3.63) is 45.9 Å². The number of guanidine groups is 1. The molecule has 0 unspecified atom stereocenters. The predicted molar refractivity (Wildman–Crippen MR) is 104 cm³/mol. The van der Waals surface area contributed by atoms with Crippen molar-refractivity contribution in [3.8, 4) is 0 Å². The van der Waals surface area contributed by atoms with Crippen LogP contribution in [0.4, 0.5) is 18.9 Å². The van der Waals surface area contributed by atoms with Crippen molar-refractivity contribution in [1.82, 2.24) is 15.6 Å². The van der Waals surface area contributed by atoms with Crippen molar-refractivity contribution in [2.45, 2.75) is 19.3 Å². The number of ether oxygens (including phenoxy) is 1. The van der Waals surface area contributed by atoms with Crippen LogP contribution in [0.15, 0.2) is 34.6 Å². The van der Waals surface area contributed by atoms with Gasteiger partial charge < -0.3 is 20.3 Å². The second kappa shape index (κ2) is 9.24. The molecule has 1 fully saturated rings. The molecule has 0 saturated carbocycles. The first kappa shape index (κ1) is 20.4. The molecule has 1 aliphatic heterocycles. The van der Waals surface area contributed by atoms with Crippen molar-refractivity contribution in [1.29, 1.82) is 0 Å². The minimum Gasteiger partial charge on any atom is -0.378 e. The number of nitrogens with zero attached hydrogens (tertiary/aromatic N) is 3. The molecule has 1 aromatic heterocycles. The number of alkyl halides is 3. The van der Waals surface area contributed by atoms with Gasteiger partial charge in [-0.3, -0.25) is 4.99 Å². The van der Waals surface area contributed by atoms with Gasteiger partial charge in [-0.1, -0.05) is 12.1 Å². The minimum atomic E-state index is -4.41. The molecule has 10 heteroatoms. The zero-order valence-electron chi connectivity index (χ0n) is 15.4. The van der Waals surface area contributed by atoms with Gasteiger partial charge in [-0.25, -0.2) is 4.98 Å². The molecule has 0 spiro atoms. The van der Waals surface area contributed by atoms with Gasteiger partial charge in [0, 0.05) is 37.7 Å². The molecule has 28 heavy (non-hydrogen) atoms. The molecule has 0 atom stereocenters. The van der Waals surface area contributed by atoms with Crippen LogP contribution < -0.4 is 15.5 Å². The van der Waals surface area contributed by atoms with Gasteiger partial charge in [-0.2, -0.15) is 13.2 Å². The lowest BCUT2D eigenvalue weighted by Gasteiger charge is -2.28. The molecular weight excluding hydrogens is 391 g/mol. The predicted octanol–water partition coefficient (Wildman–Crippen LogP) is 2.86. The van der Waals surface area contributed by atoms with Crippen LogP contribution in [0.3, 0.4) is 0 Å². The Labute approximate surface area is 165 Å². The quantitative estimate of drug-likeness (QED) is 0.583. The van der Waals surface area contributed by atoms with Crippen LogP contribution in [-0.4, -0.2) is 44.3 Å². The molecular formula is C18H22F3N5OS. The molecule has 152 valence electrons. The summed E-state index contributed by atoms with van der Waals surface area (Å²) in [5.74, 6) is 0.501. The molecule has 6 nitrogen and oxygen atoms in total. The second-order valence-corrected chi connectivity index (χ2v) is 7.11. The number of thiazole rings is 1. The molecule has 2 N–H and O–H groups in total. The zero-order chi connectivity index (χ0) is 20.0. The van der Waals surface area contributed by atoms with Crippen LogP contribution in [0.1, 0.15) is 16.3 Å². The molecule has 0 radical (unpaired) electrons. The molecule has 1 saturated heterocycles. The van der Waals surface area contributed by atoms with Crippen molar-refractivity contribution < 1.29 is 17.9 Å². The third-order valence-electron chi connectivity index (χ3n) is 4.25. The van der Waals surface area contributed by atoms with E-state index in [0.717, 1.165) is 48.6 Å². The monoisotopic (exact) mass is 413 g/mol. The number of benzene rings is 1. The first-order valence-electron chi connectivity index (χ1n) is 8.83. The average molecular weight is 413 g/mol. The summed E-state index contributed by atoms with van der Waals surface area (Å²) in [6.45, 7) is 4.00. The summed E-state index contributed by atoms with van der Waals surface area (Å²) in [7, 11) is 1.61. The first-order valence-corrected chi connectivity index (χ1v) is 9.71. The second-order valence-electron chi connectivity index (χ2n) is 6.17. The van der Waals surface area contributed by atoms with E-state index in [1.807, 2.05) is 12.1 Å². The van der Waals surface area contributed by atoms with E-state index in [1.54, 1.807) is 7.05 Å². The third kappa shape index (κ3) is 5.59. The summed E-state index contributed by atoms with van der Waals surface area (Å²) in [6.07, 6.45) is -4.41. The number of hydrogen-bond donors (Lipinski definition) is 2. The van der Waals surface area contributed by atoms with E-state index in [1.165, 1.54) is 5.69 Å². The first-order chi connectivity index (χ1) is 13.5. The molecule has 2 aromatic rings. The van der Waals surface area contributed by atoms with Crippen molar-refractivity contribution in [2.75, 3.05) is 38.3 Å². The zero-order valence-corrected chi connectivity index (χ0v) is 16.2. The molecule has 2 heterocycles. The average Bonchev–Trinajstić information content (AvgIpc) is 3.19. The smallest absolute Gasteiger partial charge is 0.378 e. The Bertz CT molecular complexity index is 785. The van der Waals surface area contributed by atoms with Crippen LogP contribution in [0, 0.1) is 0 Å². The standard InChI is InChI=1S/C18H22F3N5OS/c1-22-17(24-11-16-25-15(12-28-16)18(19,20)21)23-10-13-2-4-14(5-3-13)26-6-8-27-9-7-26/h2-5,12H,6-11H2,1H3,(H2,22,23,24). The Morgan fingerprint density at radius 1 is 1.18 bits per heavy atom. The third-order valence-corrected chi connectivity index (χ3v) is 5.09. The Morgan fingerprint density at radius 2 is 1.86 bits per heavy atom. The number of aromatic nitrogens is 1. The highest BCUT2D eigenvalue weighted by Gasteiger charge is 2.33. The van der Waals surface area contributed by atoms with Crippen LogP contribution in [0.2, 0.25) is 0 Å². The number of morpholine rings is 1. The van der Waals surface area contributed by atoms with Crippen molar-refractivity contribution >= 4 is 23.0 Å². The summed E-state index contributed by atoms with van der Waals surface area (Å²) in [5.41, 5.74) is 1.38. The number of nitrogens with one attached hydrogen (secondary N) is 2. The topological polar surface area (TPSA) is 61.8 Å². The summed E-state index contributed by atoms with van der Waals surface area (Å²) in [5, 5.41) is 7.50. The highest BCUT2D eigenvalue weighted by atomic mass is 32.1. The molecule has 3 rings (SSSR count). The van der Waals surface area contributed by atoms with Crippen LogP contribution in [0.25, 0.3) is 0 Å². The van der Waals surface area contributed by atoms with Crippen molar-refractivity contribution in [3.63, 3.8) is 0 Å². The highest BCUT2D eigenvalue weighted by molar-refractivity contribution is 7.09. The Morgan fingerprint density at radius 3 is 2.46 bits per heavy atom. The number of halogens is 3. The van der Waals surface area contributed by atoms with Gasteiger partial charge in [0.15, 0.2) is 11.7 Å². The van der Waals surface area contributed by atoms with Crippen LogP contribution in [0.5, 0.6) is 0 Å². The molecule has 0 bridgehead atoms. The maximum absolute atomic E-state index is 12.6. The van der Waals surface area contributed by atoms with E-state index in [2.05, 4.69) is 37.6 Å². The van der Waals surface area contributed by atoms with Gasteiger partial charge >= 0.3 is 6.18 Å². The van der Waals surface area contributed by atoms with Gasteiger partial charge in [0.2, 0.25) is 0 Å². The normalized spacial score (nSPS) is 15.6. The Hall–Kier alpha value is -2.33. The lowest BCUT2D eigenvalue weighted by atomic mass is 10.2. The van der Waals surface area contributed by atoms with Crippen LogP contribution >= 0.6 is 11.3 Å². The van der Waals surface area contributed by atoms with E-state index in [-0.39, 0.29) is 6.54 Å². The maximum Gasteiger partial charge on any atom is 0.434 e. The van der Waals surface area contributed by atoms with E-state index in [0.29, 0.717) is 17.5 Å². The largest absolute Gasteiger partial charge is 0.434 e. The summed E-state index contributed by atoms with van der Waals surface area (Å²) >= 11 is 0.969. The van der Waals surface area contributed by atoms with Crippen LogP contribution in [-0.2, 0) is 24.0 Å². The number of rotatable bonds is 5. The molecule has 0 amide bonds. The number of hydrogen-bond acceptors (Lipinski definition) is 5. The fourth-order valence-electron chi connectivity index (χ4n) is 2.73. The summed E-state index contributed by atoms with van der Waals surface area (Å²) < 4.78 is 43.2. The number of aliphatic imine (C=N–C) groups is 1. The molecule has 0 aliphatic carbocycles. The summed E-state index contributed by atoms with van der Waals surface area (Å²) in [4.78, 5) is 9.97. The van der Waals surface area contributed by atoms with Gasteiger partial charge in [0.1, 0.15) is 5.01 Å². The lowest BCUT2D eigenvalue weighted by molar-refractivity contribution is -0.140. The highest BCUT2D eigenvalue weighted by Crippen LogP contribution is 2.29. The SMILES string of the molecule is CN=C(NCc1ccc(N2CCOCC2)cc1)NCc1nc(C(F)(F)F)cs1. The van der Waals surface area contributed by atoms with E-state index in [9.17, 15) is 13.2 Å². The molecule has 1 aromatic carbocycles. The minimum absolute atomic E-state index is 0.177. The number of anilines is 1. The summed E-state index contributed by atoms with van der Waals surface area (Å²) in [6, 6.07) is 8.24. The fourth-order valence-corrected chi connectivity index (χ4v) is 3.47. The Kier molecular flexibility index (Phi) is 6.74. The van der Waals surface area contributed by atoms with E-state index >= 15 is 0 Å². The van der Waals surface area contributed by atoms with Gasteiger partial charge in [0.05, 0.1) is 19.8 Å². The van der Waals surface area contributed by atoms with E-state index in [4.69, 9.17) is 4.74 Å². The lowest BCUT2D eigenvalue weighted by Crippen LogP contribution is -2.36. The Balaban J connectivity index is 1.48. The van der Waals surface area contributed by atoms with Gasteiger partial charge in [-0.15, -0.1) is 11.3 Å². The molecule has 1 aliphatic rings. The maximum atomic E-state index is 12.6. The van der Waals surface area contributed by atoms with Gasteiger partial charge in [-0.05, 0) is 17.7 Å². The van der Waals surface area contributed by atoms with E-state index < -0.39 is 11.9 Å². The van der Waals surface area contributed by atoms with Crippen molar-refractivity contribution in [2.24, 2.45) is 4.99 Å². The fraction of sp³-hybridized carbons (Fsp3) is 0.444.